The van der Waals surface area contributed by atoms with E-state index in [1.165, 1.54) is 11.1 Å². The maximum Gasteiger partial charge on any atom is 0.162 e. The van der Waals surface area contributed by atoms with E-state index in [0.29, 0.717) is 0 Å². The Morgan fingerprint density at radius 3 is 2.00 bits per heavy atom. The largest absolute Gasteiger partial charge is 0.340 e. The van der Waals surface area contributed by atoms with E-state index in [4.69, 9.17) is 9.97 Å². The number of halogens is 1. The summed E-state index contributed by atoms with van der Waals surface area (Å²) in [6.07, 6.45) is 0. The summed E-state index contributed by atoms with van der Waals surface area (Å²) in [5, 5.41) is 4.46. The van der Waals surface area contributed by atoms with E-state index >= 15 is 0 Å². The number of aryl methyl sites for hydroxylation is 2. The summed E-state index contributed by atoms with van der Waals surface area (Å²) in [6, 6.07) is 24.7. The molecule has 0 aliphatic rings. The Morgan fingerprint density at radius 2 is 1.31 bits per heavy atom. The molecule has 1 N–H and O–H groups in total. The predicted octanol–water partition coefficient (Wildman–Crippen LogP) is 6.08. The SMILES string of the molecule is Cc1ccc(Nc2nc(-c3ccc(C)cc3)nc3ccccc23)cc1.Cl. The quantitative estimate of drug-likeness (QED) is 0.480. The Hall–Kier alpha value is -2.91. The van der Waals surface area contributed by atoms with Crippen LogP contribution in [0, 0.1) is 13.8 Å². The Labute approximate surface area is 159 Å². The molecule has 0 fully saturated rings. The van der Waals surface area contributed by atoms with Gasteiger partial charge in [0.15, 0.2) is 5.82 Å². The molecule has 1 aromatic heterocycles. The van der Waals surface area contributed by atoms with Crippen LogP contribution in [0.2, 0.25) is 0 Å². The van der Waals surface area contributed by atoms with E-state index < -0.39 is 0 Å². The highest BCUT2D eigenvalue weighted by Gasteiger charge is 2.09. The van der Waals surface area contributed by atoms with Gasteiger partial charge in [-0.3, -0.25) is 0 Å². The third kappa shape index (κ3) is 3.68. The molecular weight excluding hydrogens is 342 g/mol. The van der Waals surface area contributed by atoms with Crippen LogP contribution in [-0.2, 0) is 0 Å². The van der Waals surface area contributed by atoms with Gasteiger partial charge in [-0.15, -0.1) is 12.4 Å². The van der Waals surface area contributed by atoms with Gasteiger partial charge in [-0.2, -0.15) is 0 Å². The topological polar surface area (TPSA) is 37.8 Å². The van der Waals surface area contributed by atoms with Crippen LogP contribution >= 0.6 is 12.4 Å². The predicted molar refractivity (Wildman–Crippen MR) is 111 cm³/mol. The second kappa shape index (κ2) is 7.54. The monoisotopic (exact) mass is 361 g/mol. The van der Waals surface area contributed by atoms with Crippen molar-refractivity contribution in [2.24, 2.45) is 0 Å². The van der Waals surface area contributed by atoms with E-state index in [1.54, 1.807) is 0 Å². The van der Waals surface area contributed by atoms with E-state index in [1.807, 2.05) is 24.3 Å². The molecule has 4 rings (SSSR count). The summed E-state index contributed by atoms with van der Waals surface area (Å²) in [6.45, 7) is 4.16. The normalized spacial score (nSPS) is 10.4. The zero-order valence-electron chi connectivity index (χ0n) is 14.7. The number of hydrogen-bond acceptors (Lipinski definition) is 3. The van der Waals surface area contributed by atoms with Crippen LogP contribution in [0.4, 0.5) is 11.5 Å². The van der Waals surface area contributed by atoms with Crippen LogP contribution in [0.1, 0.15) is 11.1 Å². The van der Waals surface area contributed by atoms with Crippen molar-refractivity contribution in [3.05, 3.63) is 83.9 Å². The van der Waals surface area contributed by atoms with Crippen molar-refractivity contribution in [3.8, 4) is 11.4 Å². The highest BCUT2D eigenvalue weighted by molar-refractivity contribution is 5.92. The van der Waals surface area contributed by atoms with Gasteiger partial charge in [0.05, 0.1) is 5.52 Å². The first-order valence-electron chi connectivity index (χ1n) is 8.36. The zero-order valence-corrected chi connectivity index (χ0v) is 15.5. The van der Waals surface area contributed by atoms with Gasteiger partial charge in [0.2, 0.25) is 0 Å². The van der Waals surface area contributed by atoms with Crippen LogP contribution < -0.4 is 5.32 Å². The number of anilines is 2. The molecule has 0 aliphatic heterocycles. The van der Waals surface area contributed by atoms with Crippen molar-refractivity contribution in [1.82, 2.24) is 9.97 Å². The molecule has 26 heavy (non-hydrogen) atoms. The van der Waals surface area contributed by atoms with Crippen LogP contribution in [0.3, 0.4) is 0 Å². The fraction of sp³-hybridized carbons (Fsp3) is 0.0909. The summed E-state index contributed by atoms with van der Waals surface area (Å²) in [5.41, 5.74) is 5.43. The smallest absolute Gasteiger partial charge is 0.162 e. The maximum atomic E-state index is 4.80. The number of benzene rings is 3. The lowest BCUT2D eigenvalue weighted by atomic mass is 10.1. The molecule has 3 nitrogen and oxygen atoms in total. The molecule has 3 aromatic carbocycles. The van der Waals surface area contributed by atoms with Crippen LogP contribution in [0.25, 0.3) is 22.3 Å². The standard InChI is InChI=1S/C22H19N3.ClH/c1-15-7-11-17(12-8-15)21-24-20-6-4-3-5-19(20)22(25-21)23-18-13-9-16(2)10-14-18;/h3-14H,1-2H3,(H,23,24,25);1H. The lowest BCUT2D eigenvalue weighted by Gasteiger charge is -2.11. The minimum absolute atomic E-state index is 0. The van der Waals surface area contributed by atoms with Gasteiger partial charge in [-0.25, -0.2) is 9.97 Å². The summed E-state index contributed by atoms with van der Waals surface area (Å²) >= 11 is 0. The molecule has 0 spiro atoms. The van der Waals surface area contributed by atoms with Crippen molar-refractivity contribution in [3.63, 3.8) is 0 Å². The van der Waals surface area contributed by atoms with Gasteiger partial charge in [0.25, 0.3) is 0 Å². The highest BCUT2D eigenvalue weighted by Crippen LogP contribution is 2.27. The zero-order chi connectivity index (χ0) is 17.2. The van der Waals surface area contributed by atoms with Crippen molar-refractivity contribution in [2.45, 2.75) is 13.8 Å². The first kappa shape index (κ1) is 17.9. The van der Waals surface area contributed by atoms with E-state index in [0.717, 1.165) is 33.8 Å². The van der Waals surface area contributed by atoms with Gasteiger partial charge >= 0.3 is 0 Å². The summed E-state index contributed by atoms with van der Waals surface area (Å²) in [5.74, 6) is 1.55. The second-order valence-electron chi connectivity index (χ2n) is 6.27. The third-order valence-electron chi connectivity index (χ3n) is 4.23. The molecule has 0 aliphatic carbocycles. The fourth-order valence-corrected chi connectivity index (χ4v) is 2.78. The first-order chi connectivity index (χ1) is 12.2. The van der Waals surface area contributed by atoms with Gasteiger partial charge in [0.1, 0.15) is 5.82 Å². The maximum absolute atomic E-state index is 4.80. The van der Waals surface area contributed by atoms with E-state index in [-0.39, 0.29) is 12.4 Å². The van der Waals surface area contributed by atoms with Crippen LogP contribution in [0.15, 0.2) is 72.8 Å². The number of para-hydroxylation sites is 1. The lowest BCUT2D eigenvalue weighted by Crippen LogP contribution is -1.99. The molecule has 0 bridgehead atoms. The Morgan fingerprint density at radius 1 is 0.692 bits per heavy atom. The number of rotatable bonds is 3. The fourth-order valence-electron chi connectivity index (χ4n) is 2.78. The first-order valence-corrected chi connectivity index (χ1v) is 8.36. The molecule has 0 atom stereocenters. The minimum Gasteiger partial charge on any atom is -0.340 e. The number of fused-ring (bicyclic) bond motifs is 1. The van der Waals surface area contributed by atoms with Crippen molar-refractivity contribution in [2.75, 3.05) is 5.32 Å². The molecule has 4 heteroatoms. The molecule has 130 valence electrons. The van der Waals surface area contributed by atoms with Crippen molar-refractivity contribution in [1.29, 1.82) is 0 Å². The Balaban J connectivity index is 0.00000196. The number of aromatic nitrogens is 2. The Bertz CT molecular complexity index is 1030. The lowest BCUT2D eigenvalue weighted by molar-refractivity contribution is 1.22. The average Bonchev–Trinajstić information content (AvgIpc) is 2.64. The van der Waals surface area contributed by atoms with Crippen LogP contribution in [0.5, 0.6) is 0 Å². The molecule has 0 radical (unpaired) electrons. The molecule has 4 aromatic rings. The second-order valence-corrected chi connectivity index (χ2v) is 6.27. The summed E-state index contributed by atoms with van der Waals surface area (Å²) < 4.78 is 0. The van der Waals surface area contributed by atoms with E-state index in [2.05, 4.69) is 67.7 Å². The molecule has 1 heterocycles. The number of nitrogens with one attached hydrogen (secondary N) is 1. The van der Waals surface area contributed by atoms with Gasteiger partial charge in [-0.05, 0) is 38.1 Å². The average molecular weight is 362 g/mol. The Kier molecular flexibility index (Phi) is 5.19. The van der Waals surface area contributed by atoms with Gasteiger partial charge < -0.3 is 5.32 Å². The molecule has 0 unspecified atom stereocenters. The van der Waals surface area contributed by atoms with Crippen molar-refractivity contribution >= 4 is 34.8 Å². The molecule has 0 amide bonds. The van der Waals surface area contributed by atoms with E-state index in [9.17, 15) is 0 Å². The molecular formula is C22H20ClN3. The molecule has 0 saturated carbocycles. The number of hydrogen-bond donors (Lipinski definition) is 1. The van der Waals surface area contributed by atoms with Gasteiger partial charge in [-0.1, -0.05) is 59.7 Å². The van der Waals surface area contributed by atoms with Crippen molar-refractivity contribution < 1.29 is 0 Å². The summed E-state index contributed by atoms with van der Waals surface area (Å²) in [4.78, 5) is 9.54. The minimum atomic E-state index is 0. The highest BCUT2D eigenvalue weighted by atomic mass is 35.5. The van der Waals surface area contributed by atoms with Crippen LogP contribution in [-0.4, -0.2) is 9.97 Å². The molecule has 0 saturated heterocycles. The third-order valence-corrected chi connectivity index (χ3v) is 4.23. The summed E-state index contributed by atoms with van der Waals surface area (Å²) in [7, 11) is 0. The number of nitrogens with zero attached hydrogens (tertiary/aromatic N) is 2. The van der Waals surface area contributed by atoms with Gasteiger partial charge in [0, 0.05) is 16.6 Å².